The molecule has 5 rings (SSSR count). The minimum atomic E-state index is -1.00. The molecule has 4 N–H and O–H groups in total. The molecule has 30 heavy (non-hydrogen) atoms. The zero-order valence-corrected chi connectivity index (χ0v) is 17.5. The van der Waals surface area contributed by atoms with Gasteiger partial charge in [0.2, 0.25) is 12.7 Å². The lowest BCUT2D eigenvalue weighted by atomic mass is 9.81. The fourth-order valence-corrected chi connectivity index (χ4v) is 5.95. The van der Waals surface area contributed by atoms with Crippen molar-refractivity contribution in [2.75, 3.05) is 12.1 Å². The van der Waals surface area contributed by atoms with Crippen molar-refractivity contribution in [1.29, 1.82) is 0 Å². The first-order valence-electron chi connectivity index (χ1n) is 9.66. The minimum Gasteiger partial charge on any atom is -0.454 e. The summed E-state index contributed by atoms with van der Waals surface area (Å²) in [4.78, 5) is 18.5. The van der Waals surface area contributed by atoms with E-state index < -0.39 is 24.2 Å². The minimum absolute atomic E-state index is 0.128. The number of carbonyl (C=O) groups is 1. The average Bonchev–Trinajstić information content (AvgIpc) is 3.49. The number of aliphatic imine (C=N–C) groups is 1. The molecule has 1 saturated carbocycles. The molecule has 158 valence electrons. The van der Waals surface area contributed by atoms with Crippen LogP contribution in [-0.4, -0.2) is 51.6 Å². The van der Waals surface area contributed by atoms with Gasteiger partial charge < -0.3 is 30.3 Å². The van der Waals surface area contributed by atoms with E-state index in [0.717, 1.165) is 10.6 Å². The van der Waals surface area contributed by atoms with E-state index >= 15 is 0 Å². The second-order valence-corrected chi connectivity index (χ2v) is 9.60. The van der Waals surface area contributed by atoms with Gasteiger partial charge in [-0.2, -0.15) is 0 Å². The number of aliphatic hydroxyl groups excluding tert-OH is 2. The highest BCUT2D eigenvalue weighted by Crippen LogP contribution is 2.42. The smallest absolute Gasteiger partial charge is 0.231 e. The van der Waals surface area contributed by atoms with Crippen LogP contribution in [0.25, 0.3) is 0 Å². The number of rotatable bonds is 4. The Kier molecular flexibility index (Phi) is 5.32. The molecule has 2 aromatic rings. The summed E-state index contributed by atoms with van der Waals surface area (Å²) in [5, 5.41) is 29.3. The van der Waals surface area contributed by atoms with E-state index in [1.165, 1.54) is 11.8 Å². The lowest BCUT2D eigenvalue weighted by molar-refractivity contribution is -0.129. The Balaban J connectivity index is 1.29. The van der Waals surface area contributed by atoms with Gasteiger partial charge in [0, 0.05) is 21.9 Å². The van der Waals surface area contributed by atoms with Crippen LogP contribution < -0.4 is 20.1 Å². The molecule has 1 aliphatic carbocycles. The van der Waals surface area contributed by atoms with Crippen molar-refractivity contribution in [3.8, 4) is 11.5 Å². The van der Waals surface area contributed by atoms with Crippen LogP contribution in [0.2, 0.25) is 0 Å². The van der Waals surface area contributed by atoms with E-state index in [1.54, 1.807) is 11.3 Å². The summed E-state index contributed by atoms with van der Waals surface area (Å²) >= 11 is 3.01. The Bertz CT molecular complexity index is 967. The summed E-state index contributed by atoms with van der Waals surface area (Å²) in [6, 6.07) is 8.86. The maximum atomic E-state index is 12.9. The number of benzene rings is 1. The number of hydrogen-bond donors (Lipinski definition) is 4. The molecule has 8 nitrogen and oxygen atoms in total. The molecule has 1 aromatic carbocycles. The first kappa shape index (κ1) is 19.7. The van der Waals surface area contributed by atoms with Gasteiger partial charge in [-0.05, 0) is 30.0 Å². The number of nitrogens with one attached hydrogen (secondary N) is 2. The van der Waals surface area contributed by atoms with Crippen molar-refractivity contribution in [3.63, 3.8) is 0 Å². The van der Waals surface area contributed by atoms with Crippen molar-refractivity contribution in [2.24, 2.45) is 10.9 Å². The van der Waals surface area contributed by atoms with Gasteiger partial charge in [-0.3, -0.25) is 9.79 Å². The number of carbonyl (C=O) groups excluding carboxylic acids is 1. The first-order valence-corrected chi connectivity index (χ1v) is 11.4. The van der Waals surface area contributed by atoms with Crippen LogP contribution >= 0.6 is 23.1 Å². The number of fused-ring (bicyclic) bond motifs is 2. The zero-order chi connectivity index (χ0) is 20.7. The van der Waals surface area contributed by atoms with Crippen molar-refractivity contribution < 1.29 is 24.5 Å². The van der Waals surface area contributed by atoms with Gasteiger partial charge >= 0.3 is 0 Å². The number of thioether (sulfide) groups is 1. The molecule has 10 heteroatoms. The van der Waals surface area contributed by atoms with E-state index in [0.29, 0.717) is 23.2 Å². The molecular weight excluding hydrogens is 426 g/mol. The third-order valence-electron chi connectivity index (χ3n) is 5.46. The lowest BCUT2D eigenvalue weighted by Crippen LogP contribution is -2.53. The molecule has 5 atom stereocenters. The monoisotopic (exact) mass is 447 g/mol. The molecule has 5 unspecified atom stereocenters. The first-order chi connectivity index (χ1) is 14.6. The van der Waals surface area contributed by atoms with Crippen molar-refractivity contribution >= 4 is 39.9 Å². The topological polar surface area (TPSA) is 112 Å². The van der Waals surface area contributed by atoms with Crippen LogP contribution in [0.5, 0.6) is 11.5 Å². The van der Waals surface area contributed by atoms with E-state index in [2.05, 4.69) is 15.6 Å². The summed E-state index contributed by atoms with van der Waals surface area (Å²) in [7, 11) is 0. The van der Waals surface area contributed by atoms with E-state index in [-0.39, 0.29) is 24.4 Å². The molecule has 0 radical (unpaired) electrons. The number of aliphatic hydroxyl groups is 2. The quantitative estimate of drug-likeness (QED) is 0.565. The number of anilines is 1. The number of thiophene rings is 1. The highest BCUT2D eigenvalue weighted by molar-refractivity contribution is 8.15. The van der Waals surface area contributed by atoms with E-state index in [4.69, 9.17) is 9.47 Å². The van der Waals surface area contributed by atoms with Gasteiger partial charge in [-0.1, -0.05) is 17.8 Å². The van der Waals surface area contributed by atoms with Gasteiger partial charge in [0.25, 0.3) is 0 Å². The molecule has 0 spiro atoms. The van der Waals surface area contributed by atoms with Crippen LogP contribution in [0.15, 0.2) is 40.7 Å². The van der Waals surface area contributed by atoms with Gasteiger partial charge in [0.05, 0.1) is 24.6 Å². The van der Waals surface area contributed by atoms with Crippen molar-refractivity contribution in [3.05, 3.63) is 40.6 Å². The summed E-state index contributed by atoms with van der Waals surface area (Å²) in [5.41, 5.74) is 0.776. The molecule has 0 saturated heterocycles. The van der Waals surface area contributed by atoms with Gasteiger partial charge in [0.15, 0.2) is 16.7 Å². The molecule has 2 aliphatic heterocycles. The van der Waals surface area contributed by atoms with Crippen LogP contribution in [0.3, 0.4) is 0 Å². The van der Waals surface area contributed by atoms with Gasteiger partial charge in [0.1, 0.15) is 6.10 Å². The molecule has 1 aromatic heterocycles. The molecule has 3 heterocycles. The predicted molar refractivity (Wildman–Crippen MR) is 115 cm³/mol. The molecule has 0 bridgehead atoms. The zero-order valence-electron chi connectivity index (χ0n) is 15.9. The third-order valence-corrected chi connectivity index (χ3v) is 7.65. The predicted octanol–water partition coefficient (Wildman–Crippen LogP) is 1.79. The Labute approximate surface area is 181 Å². The van der Waals surface area contributed by atoms with Crippen molar-refractivity contribution in [2.45, 2.75) is 36.5 Å². The maximum absolute atomic E-state index is 12.9. The average molecular weight is 448 g/mol. The highest BCUT2D eigenvalue weighted by atomic mass is 32.2. The fraction of sp³-hybridized carbons (Fsp3) is 0.400. The largest absolute Gasteiger partial charge is 0.454 e. The summed E-state index contributed by atoms with van der Waals surface area (Å²) in [6.07, 6.45) is -1.78. The summed E-state index contributed by atoms with van der Waals surface area (Å²) in [6.45, 7) is 0.655. The van der Waals surface area contributed by atoms with Crippen LogP contribution in [-0.2, 0) is 11.3 Å². The van der Waals surface area contributed by atoms with Gasteiger partial charge in [-0.15, -0.1) is 11.3 Å². The Morgan fingerprint density at radius 1 is 1.23 bits per heavy atom. The van der Waals surface area contributed by atoms with Gasteiger partial charge in [-0.25, -0.2) is 0 Å². The molecule has 3 aliphatic rings. The van der Waals surface area contributed by atoms with E-state index in [1.807, 2.05) is 35.7 Å². The molecule has 1 amide bonds. The lowest BCUT2D eigenvalue weighted by Gasteiger charge is -2.37. The summed E-state index contributed by atoms with van der Waals surface area (Å²) < 4.78 is 10.7. The normalized spacial score (nSPS) is 29.3. The van der Waals surface area contributed by atoms with Crippen molar-refractivity contribution in [1.82, 2.24) is 5.32 Å². The highest BCUT2D eigenvalue weighted by Gasteiger charge is 2.50. The molecule has 1 fully saturated rings. The second kappa shape index (κ2) is 8.10. The second-order valence-electron chi connectivity index (χ2n) is 7.40. The maximum Gasteiger partial charge on any atom is 0.231 e. The number of nitrogens with zero attached hydrogens (tertiary/aromatic N) is 1. The number of amides is 1. The Morgan fingerprint density at radius 2 is 2.10 bits per heavy atom. The number of ether oxygens (including phenoxy) is 2. The van der Waals surface area contributed by atoms with Crippen LogP contribution in [0, 0.1) is 5.92 Å². The standard InChI is InChI=1S/C20H21N3O5S2/c24-13-7-12(19(26)21-8-11-2-1-5-29-11)18-16(17(13)25)23-20(30-18)22-10-3-4-14-15(6-10)28-9-27-14/h1-6,12-13,16-18,24-25H,7-9H2,(H,21,26)(H,22,23). The SMILES string of the molecule is O=C(NCc1cccs1)C1CC(O)C(O)C2N=C(Nc3ccc4c(c3)OCO4)SC12. The molecular formula is C20H21N3O5S2. The van der Waals surface area contributed by atoms with E-state index in [9.17, 15) is 15.0 Å². The Morgan fingerprint density at radius 3 is 2.93 bits per heavy atom. The Hall–Kier alpha value is -2.27. The number of amidine groups is 1. The fourth-order valence-electron chi connectivity index (χ4n) is 3.92. The number of hydrogen-bond acceptors (Lipinski definition) is 9. The van der Waals surface area contributed by atoms with Crippen LogP contribution in [0.1, 0.15) is 11.3 Å². The third kappa shape index (κ3) is 3.76. The summed E-state index contributed by atoms with van der Waals surface area (Å²) in [5.74, 6) is 0.771. The van der Waals surface area contributed by atoms with Crippen LogP contribution in [0.4, 0.5) is 5.69 Å².